The number of carbonyl (C=O) groups is 1. The number of para-hydroxylation sites is 2. The molecular formula is C27H23NO7S. The Morgan fingerprint density at radius 1 is 1.06 bits per heavy atom. The number of fused-ring (bicyclic) bond motifs is 1. The van der Waals surface area contributed by atoms with E-state index in [4.69, 9.17) is 13.9 Å². The normalized spacial score (nSPS) is 11.2. The number of hydrogen-bond donors (Lipinski definition) is 0. The van der Waals surface area contributed by atoms with Crippen molar-refractivity contribution in [3.05, 3.63) is 107 Å². The zero-order valence-corrected chi connectivity index (χ0v) is 20.4. The van der Waals surface area contributed by atoms with Gasteiger partial charge in [-0.25, -0.2) is 18.0 Å². The van der Waals surface area contributed by atoms with Crippen LogP contribution in [-0.2, 0) is 10.0 Å². The fourth-order valence-electron chi connectivity index (χ4n) is 3.72. The quantitative estimate of drug-likeness (QED) is 0.148. The molecule has 0 aliphatic rings. The molecule has 9 heteroatoms. The number of rotatable bonds is 8. The number of sulfonamides is 1. The predicted octanol–water partition coefficient (Wildman–Crippen LogP) is 4.71. The summed E-state index contributed by atoms with van der Waals surface area (Å²) in [6, 6.07) is 18.3. The number of nitrogens with zero attached hydrogens (tertiary/aromatic N) is 1. The molecule has 36 heavy (non-hydrogen) atoms. The molecule has 1 aromatic heterocycles. The molecule has 4 rings (SSSR count). The Kier molecular flexibility index (Phi) is 6.93. The Morgan fingerprint density at radius 3 is 2.58 bits per heavy atom. The van der Waals surface area contributed by atoms with Crippen LogP contribution in [-0.4, -0.2) is 28.0 Å². The van der Waals surface area contributed by atoms with Crippen LogP contribution in [0.1, 0.15) is 15.9 Å². The molecule has 0 spiro atoms. The highest BCUT2D eigenvalue weighted by Crippen LogP contribution is 2.32. The smallest absolute Gasteiger partial charge is 0.343 e. The second-order valence-electron chi connectivity index (χ2n) is 7.82. The van der Waals surface area contributed by atoms with Crippen LogP contribution in [0.4, 0.5) is 5.69 Å². The molecule has 0 unspecified atom stereocenters. The number of hydrogen-bond acceptors (Lipinski definition) is 7. The summed E-state index contributed by atoms with van der Waals surface area (Å²) in [6.07, 6.45) is 1.46. The highest BCUT2D eigenvalue weighted by atomic mass is 32.2. The number of methoxy groups -OCH3 is 1. The van der Waals surface area contributed by atoms with Gasteiger partial charge in [-0.3, -0.25) is 4.31 Å². The monoisotopic (exact) mass is 505 g/mol. The standard InChI is InChI=1S/C27H23NO7S/c1-4-14-28(23-10-5-6-11-24(23)33-3)36(31,32)21-9-7-8-19(16-21)27(30)34-20-12-13-22-18(2)15-26(29)35-25(22)17-20/h4-13,15-17H,1,14H2,2-3H3. The van der Waals surface area contributed by atoms with E-state index in [2.05, 4.69) is 6.58 Å². The summed E-state index contributed by atoms with van der Waals surface area (Å²) in [5.41, 5.74) is 0.858. The summed E-state index contributed by atoms with van der Waals surface area (Å²) >= 11 is 0. The van der Waals surface area contributed by atoms with E-state index in [-0.39, 0.29) is 28.3 Å². The van der Waals surface area contributed by atoms with Gasteiger partial charge in [0.25, 0.3) is 10.0 Å². The highest BCUT2D eigenvalue weighted by molar-refractivity contribution is 7.92. The second kappa shape index (κ2) is 10.1. The fourth-order valence-corrected chi connectivity index (χ4v) is 5.22. The van der Waals surface area contributed by atoms with Crippen LogP contribution < -0.4 is 19.4 Å². The third-order valence-corrected chi connectivity index (χ3v) is 7.22. The lowest BCUT2D eigenvalue weighted by Crippen LogP contribution is -2.31. The summed E-state index contributed by atoms with van der Waals surface area (Å²) in [6.45, 7) is 5.43. The van der Waals surface area contributed by atoms with Crippen LogP contribution >= 0.6 is 0 Å². The largest absolute Gasteiger partial charge is 0.495 e. The van der Waals surface area contributed by atoms with Crippen molar-refractivity contribution >= 4 is 32.6 Å². The number of esters is 1. The van der Waals surface area contributed by atoms with Crippen LogP contribution in [0.5, 0.6) is 11.5 Å². The number of ether oxygens (including phenoxy) is 2. The van der Waals surface area contributed by atoms with Gasteiger partial charge < -0.3 is 13.9 Å². The summed E-state index contributed by atoms with van der Waals surface area (Å²) in [7, 11) is -2.64. The molecule has 3 aromatic carbocycles. The maximum atomic E-state index is 13.6. The van der Waals surface area contributed by atoms with Gasteiger partial charge in [0.1, 0.15) is 17.1 Å². The molecule has 0 saturated heterocycles. The lowest BCUT2D eigenvalue weighted by Gasteiger charge is -2.25. The second-order valence-corrected chi connectivity index (χ2v) is 9.68. The molecule has 0 aliphatic carbocycles. The molecular weight excluding hydrogens is 482 g/mol. The Hall–Kier alpha value is -4.37. The molecule has 184 valence electrons. The Bertz CT molecular complexity index is 1620. The molecule has 0 N–H and O–H groups in total. The van der Waals surface area contributed by atoms with E-state index in [0.717, 1.165) is 9.87 Å². The van der Waals surface area contributed by atoms with Crippen molar-refractivity contribution in [3.63, 3.8) is 0 Å². The van der Waals surface area contributed by atoms with Crippen molar-refractivity contribution in [3.8, 4) is 11.5 Å². The first-order chi connectivity index (χ1) is 17.2. The molecule has 4 aromatic rings. The molecule has 0 radical (unpaired) electrons. The van der Waals surface area contributed by atoms with E-state index < -0.39 is 21.6 Å². The van der Waals surface area contributed by atoms with Gasteiger partial charge >= 0.3 is 11.6 Å². The van der Waals surface area contributed by atoms with Crippen LogP contribution in [0.15, 0.2) is 99.6 Å². The third kappa shape index (κ3) is 4.87. The minimum atomic E-state index is -4.09. The van der Waals surface area contributed by atoms with Gasteiger partial charge in [-0.15, -0.1) is 6.58 Å². The van der Waals surface area contributed by atoms with Crippen molar-refractivity contribution in [2.24, 2.45) is 0 Å². The molecule has 0 amide bonds. The van der Waals surface area contributed by atoms with E-state index in [0.29, 0.717) is 16.8 Å². The zero-order chi connectivity index (χ0) is 25.9. The maximum Gasteiger partial charge on any atom is 0.343 e. The molecule has 0 atom stereocenters. The average molecular weight is 506 g/mol. The van der Waals surface area contributed by atoms with E-state index in [9.17, 15) is 18.0 Å². The summed E-state index contributed by atoms with van der Waals surface area (Å²) in [4.78, 5) is 24.4. The van der Waals surface area contributed by atoms with Crippen LogP contribution in [0.2, 0.25) is 0 Å². The molecule has 1 heterocycles. The molecule has 8 nitrogen and oxygen atoms in total. The lowest BCUT2D eigenvalue weighted by molar-refractivity contribution is 0.0734. The first-order valence-electron chi connectivity index (χ1n) is 10.9. The van der Waals surface area contributed by atoms with Crippen molar-refractivity contribution in [1.29, 1.82) is 0 Å². The summed E-state index contributed by atoms with van der Waals surface area (Å²) in [5, 5.41) is 0.709. The predicted molar refractivity (Wildman–Crippen MR) is 136 cm³/mol. The average Bonchev–Trinajstić information content (AvgIpc) is 2.87. The van der Waals surface area contributed by atoms with Crippen LogP contribution in [0.3, 0.4) is 0 Å². The first kappa shape index (κ1) is 24.7. The molecule has 0 saturated carbocycles. The van der Waals surface area contributed by atoms with Gasteiger partial charge in [-0.1, -0.05) is 24.3 Å². The van der Waals surface area contributed by atoms with E-state index >= 15 is 0 Å². The molecule has 0 bridgehead atoms. The summed E-state index contributed by atoms with van der Waals surface area (Å²) < 4.78 is 44.2. The van der Waals surface area contributed by atoms with Gasteiger partial charge in [0.05, 0.1) is 29.8 Å². The van der Waals surface area contributed by atoms with Gasteiger partial charge in [-0.2, -0.15) is 0 Å². The molecule has 0 aliphatic heterocycles. The van der Waals surface area contributed by atoms with Gasteiger partial charge in [0, 0.05) is 17.5 Å². The van der Waals surface area contributed by atoms with Crippen molar-refractivity contribution in [2.45, 2.75) is 11.8 Å². The molecule has 0 fully saturated rings. The Labute approximate surface area is 208 Å². The van der Waals surface area contributed by atoms with Gasteiger partial charge in [-0.05, 0) is 55.0 Å². The van der Waals surface area contributed by atoms with Gasteiger partial charge in [0.2, 0.25) is 0 Å². The van der Waals surface area contributed by atoms with Crippen LogP contribution in [0.25, 0.3) is 11.0 Å². The number of aryl methyl sites for hydroxylation is 1. The maximum absolute atomic E-state index is 13.6. The Balaban J connectivity index is 1.66. The first-order valence-corrected chi connectivity index (χ1v) is 12.3. The number of anilines is 1. The Morgan fingerprint density at radius 2 is 1.83 bits per heavy atom. The van der Waals surface area contributed by atoms with E-state index in [1.165, 1.54) is 49.6 Å². The topological polar surface area (TPSA) is 103 Å². The van der Waals surface area contributed by atoms with Crippen molar-refractivity contribution < 1.29 is 27.1 Å². The number of benzene rings is 3. The third-order valence-electron chi connectivity index (χ3n) is 5.44. The fraction of sp³-hybridized carbons (Fsp3) is 0.111. The lowest BCUT2D eigenvalue weighted by atomic mass is 10.1. The van der Waals surface area contributed by atoms with Crippen molar-refractivity contribution in [1.82, 2.24) is 0 Å². The van der Waals surface area contributed by atoms with Crippen LogP contribution in [0, 0.1) is 6.92 Å². The van der Waals surface area contributed by atoms with E-state index in [1.807, 2.05) is 0 Å². The zero-order valence-electron chi connectivity index (χ0n) is 19.6. The van der Waals surface area contributed by atoms with Gasteiger partial charge in [0.15, 0.2) is 0 Å². The van der Waals surface area contributed by atoms with Crippen molar-refractivity contribution in [2.75, 3.05) is 18.0 Å². The summed E-state index contributed by atoms with van der Waals surface area (Å²) in [5.74, 6) is -0.248. The minimum absolute atomic E-state index is 0.0148. The van der Waals surface area contributed by atoms with E-state index in [1.54, 1.807) is 43.3 Å². The minimum Gasteiger partial charge on any atom is -0.495 e. The SMILES string of the molecule is C=CCN(c1ccccc1OC)S(=O)(=O)c1cccc(C(=O)Oc2ccc3c(C)cc(=O)oc3c2)c1. The number of carbonyl (C=O) groups excluding carboxylic acids is 1. The highest BCUT2D eigenvalue weighted by Gasteiger charge is 2.27.